The Hall–Kier alpha value is -3.08. The van der Waals surface area contributed by atoms with Crippen molar-refractivity contribution in [1.29, 1.82) is 0 Å². The van der Waals surface area contributed by atoms with Crippen LogP contribution in [0.4, 0.5) is 5.69 Å². The molecule has 0 radical (unpaired) electrons. The number of hydrogen-bond donors (Lipinski definition) is 1. The summed E-state index contributed by atoms with van der Waals surface area (Å²) in [5.74, 6) is 1.02. The molecule has 1 N–H and O–H groups in total. The van der Waals surface area contributed by atoms with E-state index in [9.17, 15) is 9.59 Å². The number of anilines is 1. The minimum atomic E-state index is -0.293. The zero-order valence-electron chi connectivity index (χ0n) is 16.4. The Morgan fingerprint density at radius 1 is 1.07 bits per heavy atom. The molecule has 1 heterocycles. The Labute approximate surface area is 166 Å². The molecule has 2 aromatic carbocycles. The third-order valence-electron chi connectivity index (χ3n) is 5.04. The van der Waals surface area contributed by atoms with Crippen molar-refractivity contribution in [3.8, 4) is 5.75 Å². The largest absolute Gasteiger partial charge is 0.496 e. The molecular formula is C23H26N2O3. The monoisotopic (exact) mass is 378 g/mol. The Morgan fingerprint density at radius 2 is 1.75 bits per heavy atom. The lowest BCUT2D eigenvalue weighted by atomic mass is 9.98. The van der Waals surface area contributed by atoms with Gasteiger partial charge in [0.1, 0.15) is 5.75 Å². The predicted octanol–water partition coefficient (Wildman–Crippen LogP) is 4.22. The topological polar surface area (TPSA) is 58.6 Å². The summed E-state index contributed by atoms with van der Waals surface area (Å²) in [6, 6.07) is 14.6. The lowest BCUT2D eigenvalue weighted by Crippen LogP contribution is -2.38. The molecule has 146 valence electrons. The smallest absolute Gasteiger partial charge is 0.255 e. The highest BCUT2D eigenvalue weighted by Gasteiger charge is 2.23. The van der Waals surface area contributed by atoms with E-state index in [1.807, 2.05) is 41.3 Å². The molecule has 0 bridgehead atoms. The van der Waals surface area contributed by atoms with Crippen LogP contribution in [-0.4, -0.2) is 36.9 Å². The quantitative estimate of drug-likeness (QED) is 0.793. The van der Waals surface area contributed by atoms with E-state index < -0.39 is 0 Å². The van der Waals surface area contributed by atoms with Crippen molar-refractivity contribution in [2.24, 2.45) is 5.92 Å². The van der Waals surface area contributed by atoms with Crippen molar-refractivity contribution in [2.75, 3.05) is 25.5 Å². The molecule has 1 aliphatic rings. The molecule has 3 rings (SSSR count). The number of methoxy groups -OCH3 is 1. The SMILES string of the molecule is COc1ccccc1C=CC(=O)Nc1ccccc1C(=O)N1CCC(C)CC1. The summed E-state index contributed by atoms with van der Waals surface area (Å²) in [5, 5.41) is 2.83. The number of nitrogens with zero attached hydrogens (tertiary/aromatic N) is 1. The first kappa shape index (κ1) is 19.7. The molecule has 0 spiro atoms. The van der Waals surface area contributed by atoms with Crippen LogP contribution in [0.5, 0.6) is 5.75 Å². The molecule has 2 amide bonds. The maximum Gasteiger partial charge on any atom is 0.255 e. The maximum atomic E-state index is 12.9. The van der Waals surface area contributed by atoms with Gasteiger partial charge < -0.3 is 15.0 Å². The van der Waals surface area contributed by atoms with Gasteiger partial charge >= 0.3 is 0 Å². The van der Waals surface area contributed by atoms with Crippen molar-refractivity contribution in [2.45, 2.75) is 19.8 Å². The Morgan fingerprint density at radius 3 is 2.50 bits per heavy atom. The third kappa shape index (κ3) is 4.80. The van der Waals surface area contributed by atoms with Gasteiger partial charge in [0.2, 0.25) is 5.91 Å². The van der Waals surface area contributed by atoms with E-state index in [1.165, 1.54) is 6.08 Å². The summed E-state index contributed by atoms with van der Waals surface area (Å²) in [5.41, 5.74) is 1.86. The first-order chi connectivity index (χ1) is 13.6. The fraction of sp³-hybridized carbons (Fsp3) is 0.304. The minimum Gasteiger partial charge on any atom is -0.496 e. The molecule has 1 saturated heterocycles. The van der Waals surface area contributed by atoms with Crippen molar-refractivity contribution in [3.63, 3.8) is 0 Å². The Bertz CT molecular complexity index is 868. The normalized spacial score (nSPS) is 14.9. The number of piperidine rings is 1. The lowest BCUT2D eigenvalue weighted by Gasteiger charge is -2.30. The van der Waals surface area contributed by atoms with Crippen LogP contribution >= 0.6 is 0 Å². The van der Waals surface area contributed by atoms with E-state index in [0.29, 0.717) is 22.9 Å². The number of rotatable bonds is 5. The average Bonchev–Trinajstić information content (AvgIpc) is 2.73. The number of carbonyl (C=O) groups is 2. The number of benzene rings is 2. The number of hydrogen-bond acceptors (Lipinski definition) is 3. The van der Waals surface area contributed by atoms with Crippen LogP contribution < -0.4 is 10.1 Å². The highest BCUT2D eigenvalue weighted by Crippen LogP contribution is 2.23. The summed E-state index contributed by atoms with van der Waals surface area (Å²) >= 11 is 0. The summed E-state index contributed by atoms with van der Waals surface area (Å²) in [6.45, 7) is 3.73. The van der Waals surface area contributed by atoms with Gasteiger partial charge in [0.25, 0.3) is 5.91 Å². The number of likely N-dealkylation sites (tertiary alicyclic amines) is 1. The van der Waals surface area contributed by atoms with Crippen LogP contribution in [0.3, 0.4) is 0 Å². The Balaban J connectivity index is 1.71. The highest BCUT2D eigenvalue weighted by atomic mass is 16.5. The number of para-hydroxylation sites is 2. The molecule has 0 saturated carbocycles. The maximum absolute atomic E-state index is 12.9. The molecule has 5 nitrogen and oxygen atoms in total. The number of nitrogens with one attached hydrogen (secondary N) is 1. The predicted molar refractivity (Wildman–Crippen MR) is 111 cm³/mol. The van der Waals surface area contributed by atoms with E-state index >= 15 is 0 Å². The van der Waals surface area contributed by atoms with Gasteiger partial charge in [0.05, 0.1) is 18.4 Å². The fourth-order valence-corrected chi connectivity index (χ4v) is 3.30. The zero-order valence-corrected chi connectivity index (χ0v) is 16.4. The first-order valence-electron chi connectivity index (χ1n) is 9.59. The molecule has 0 atom stereocenters. The van der Waals surface area contributed by atoms with E-state index in [2.05, 4.69) is 12.2 Å². The zero-order chi connectivity index (χ0) is 19.9. The molecule has 0 unspecified atom stereocenters. The second kappa shape index (κ2) is 9.22. The van der Waals surface area contributed by atoms with Gasteiger partial charge in [-0.25, -0.2) is 0 Å². The molecule has 28 heavy (non-hydrogen) atoms. The summed E-state index contributed by atoms with van der Waals surface area (Å²) in [4.78, 5) is 27.2. The molecule has 1 aliphatic heterocycles. The van der Waals surface area contributed by atoms with Gasteiger partial charge in [-0.2, -0.15) is 0 Å². The molecule has 1 fully saturated rings. The van der Waals surface area contributed by atoms with Crippen LogP contribution in [0.2, 0.25) is 0 Å². The van der Waals surface area contributed by atoms with Crippen molar-refractivity contribution in [3.05, 3.63) is 65.7 Å². The van der Waals surface area contributed by atoms with Crippen LogP contribution in [-0.2, 0) is 4.79 Å². The van der Waals surface area contributed by atoms with Gasteiger partial charge in [0, 0.05) is 24.7 Å². The van der Waals surface area contributed by atoms with Gasteiger partial charge in [-0.3, -0.25) is 9.59 Å². The molecular weight excluding hydrogens is 352 g/mol. The second-order valence-corrected chi connectivity index (χ2v) is 7.08. The highest BCUT2D eigenvalue weighted by molar-refractivity contribution is 6.07. The molecule has 0 aromatic heterocycles. The second-order valence-electron chi connectivity index (χ2n) is 7.08. The third-order valence-corrected chi connectivity index (χ3v) is 5.04. The number of ether oxygens (including phenoxy) is 1. The van der Waals surface area contributed by atoms with Crippen LogP contribution in [0.15, 0.2) is 54.6 Å². The summed E-state index contributed by atoms with van der Waals surface area (Å²) < 4.78 is 5.29. The van der Waals surface area contributed by atoms with Crippen LogP contribution in [0.25, 0.3) is 6.08 Å². The summed E-state index contributed by atoms with van der Waals surface area (Å²) in [7, 11) is 1.59. The molecule has 2 aromatic rings. The number of carbonyl (C=O) groups excluding carboxylic acids is 2. The fourth-order valence-electron chi connectivity index (χ4n) is 3.30. The van der Waals surface area contributed by atoms with Gasteiger partial charge in [-0.05, 0) is 43.0 Å². The molecule has 5 heteroatoms. The van der Waals surface area contributed by atoms with E-state index in [4.69, 9.17) is 4.74 Å². The van der Waals surface area contributed by atoms with E-state index in [-0.39, 0.29) is 11.8 Å². The summed E-state index contributed by atoms with van der Waals surface area (Å²) in [6.07, 6.45) is 5.18. The van der Waals surface area contributed by atoms with Crippen LogP contribution in [0.1, 0.15) is 35.7 Å². The minimum absolute atomic E-state index is 0.0310. The van der Waals surface area contributed by atoms with Crippen molar-refractivity contribution in [1.82, 2.24) is 4.90 Å². The van der Waals surface area contributed by atoms with E-state index in [0.717, 1.165) is 31.5 Å². The number of amides is 2. The average molecular weight is 378 g/mol. The van der Waals surface area contributed by atoms with E-state index in [1.54, 1.807) is 25.3 Å². The van der Waals surface area contributed by atoms with Crippen LogP contribution in [0, 0.1) is 5.92 Å². The van der Waals surface area contributed by atoms with Crippen molar-refractivity contribution < 1.29 is 14.3 Å². The van der Waals surface area contributed by atoms with Crippen molar-refractivity contribution >= 4 is 23.6 Å². The standard InChI is InChI=1S/C23H26N2O3/c1-17-13-15-25(16-14-17)23(27)19-8-4-5-9-20(19)24-22(26)12-11-18-7-3-6-10-21(18)28-2/h3-12,17H,13-16H2,1-2H3,(H,24,26). The van der Waals surface area contributed by atoms with Gasteiger partial charge in [0.15, 0.2) is 0 Å². The van der Waals surface area contributed by atoms with Gasteiger partial charge in [-0.1, -0.05) is 37.3 Å². The van der Waals surface area contributed by atoms with Gasteiger partial charge in [-0.15, -0.1) is 0 Å². The first-order valence-corrected chi connectivity index (χ1v) is 9.59. The lowest BCUT2D eigenvalue weighted by molar-refractivity contribution is -0.111. The molecule has 0 aliphatic carbocycles. The Kier molecular flexibility index (Phi) is 6.48.